The van der Waals surface area contributed by atoms with Gasteiger partial charge >= 0.3 is 0 Å². The van der Waals surface area contributed by atoms with E-state index >= 15 is 0 Å². The number of nitrogens with one attached hydrogen (secondary N) is 1. The molecule has 0 radical (unpaired) electrons. The topological polar surface area (TPSA) is 45.2 Å². The van der Waals surface area contributed by atoms with Crippen molar-refractivity contribution in [2.24, 2.45) is 0 Å². The molecular weight excluding hydrogens is 214 g/mol. The van der Waals surface area contributed by atoms with E-state index in [2.05, 4.69) is 17.2 Å². The van der Waals surface area contributed by atoms with E-state index in [0.29, 0.717) is 12.5 Å². The highest BCUT2D eigenvalue weighted by atomic mass is 16.2. The standard InChI is InChI=1S/C13H19N3O/c1-10-4-3-5-15-12(10)8-13(17)16-7-6-14-11(2)9-16/h3-5,11,14H,6-9H2,1-2H3. The first-order valence-electron chi connectivity index (χ1n) is 6.08. The van der Waals surface area contributed by atoms with Crippen molar-refractivity contribution >= 4 is 5.91 Å². The number of nitrogens with zero attached hydrogens (tertiary/aromatic N) is 2. The number of hydrogen-bond donors (Lipinski definition) is 1. The average molecular weight is 233 g/mol. The summed E-state index contributed by atoms with van der Waals surface area (Å²) >= 11 is 0. The zero-order chi connectivity index (χ0) is 12.3. The Morgan fingerprint density at radius 2 is 2.47 bits per heavy atom. The van der Waals surface area contributed by atoms with E-state index in [1.54, 1.807) is 6.20 Å². The molecule has 1 amide bonds. The molecule has 4 nitrogen and oxygen atoms in total. The number of piperazine rings is 1. The van der Waals surface area contributed by atoms with E-state index < -0.39 is 0 Å². The van der Waals surface area contributed by atoms with Gasteiger partial charge in [0.05, 0.1) is 12.1 Å². The summed E-state index contributed by atoms with van der Waals surface area (Å²) in [6, 6.07) is 4.28. The van der Waals surface area contributed by atoms with Gasteiger partial charge in [-0.15, -0.1) is 0 Å². The largest absolute Gasteiger partial charge is 0.340 e. The Hall–Kier alpha value is -1.42. The fourth-order valence-electron chi connectivity index (χ4n) is 2.12. The fourth-order valence-corrected chi connectivity index (χ4v) is 2.12. The van der Waals surface area contributed by atoms with Gasteiger partial charge in [-0.25, -0.2) is 0 Å². The predicted octanol–water partition coefficient (Wildman–Crippen LogP) is 0.753. The number of amides is 1. The Morgan fingerprint density at radius 1 is 1.65 bits per heavy atom. The number of pyridine rings is 1. The Kier molecular flexibility index (Phi) is 3.74. The molecule has 17 heavy (non-hydrogen) atoms. The first-order valence-corrected chi connectivity index (χ1v) is 6.08. The summed E-state index contributed by atoms with van der Waals surface area (Å²) in [5.74, 6) is 0.181. The van der Waals surface area contributed by atoms with Crippen molar-refractivity contribution in [1.82, 2.24) is 15.2 Å². The smallest absolute Gasteiger partial charge is 0.228 e. The van der Waals surface area contributed by atoms with Gasteiger partial charge < -0.3 is 10.2 Å². The zero-order valence-corrected chi connectivity index (χ0v) is 10.4. The fraction of sp³-hybridized carbons (Fsp3) is 0.538. The minimum atomic E-state index is 0.181. The van der Waals surface area contributed by atoms with Gasteiger partial charge in [0.1, 0.15) is 0 Å². The van der Waals surface area contributed by atoms with Gasteiger partial charge in [-0.05, 0) is 25.5 Å². The second-order valence-corrected chi connectivity index (χ2v) is 4.64. The molecule has 1 unspecified atom stereocenters. The number of carbonyl (C=O) groups is 1. The summed E-state index contributed by atoms with van der Waals surface area (Å²) in [5.41, 5.74) is 1.98. The molecule has 0 spiro atoms. The molecule has 1 saturated heterocycles. The lowest BCUT2D eigenvalue weighted by atomic mass is 10.1. The number of carbonyl (C=O) groups excluding carboxylic acids is 1. The molecular formula is C13H19N3O. The highest BCUT2D eigenvalue weighted by Gasteiger charge is 2.21. The molecule has 1 fully saturated rings. The Morgan fingerprint density at radius 3 is 3.18 bits per heavy atom. The molecule has 1 aromatic heterocycles. The summed E-state index contributed by atoms with van der Waals surface area (Å²) in [4.78, 5) is 18.3. The number of aromatic nitrogens is 1. The monoisotopic (exact) mass is 233 g/mol. The van der Waals surface area contributed by atoms with Crippen LogP contribution in [0.1, 0.15) is 18.2 Å². The van der Waals surface area contributed by atoms with Crippen molar-refractivity contribution in [1.29, 1.82) is 0 Å². The maximum absolute atomic E-state index is 12.1. The molecule has 0 bridgehead atoms. The van der Waals surface area contributed by atoms with Crippen LogP contribution in [0.25, 0.3) is 0 Å². The zero-order valence-electron chi connectivity index (χ0n) is 10.4. The summed E-state index contributed by atoms with van der Waals surface area (Å²) < 4.78 is 0. The first kappa shape index (κ1) is 12.0. The van der Waals surface area contributed by atoms with Crippen LogP contribution in [0, 0.1) is 6.92 Å². The summed E-state index contributed by atoms with van der Waals surface area (Å²) in [6.45, 7) is 6.58. The molecule has 1 aliphatic rings. The minimum absolute atomic E-state index is 0.181. The van der Waals surface area contributed by atoms with E-state index in [4.69, 9.17) is 0 Å². The summed E-state index contributed by atoms with van der Waals surface area (Å²) in [5, 5.41) is 3.33. The molecule has 1 atom stereocenters. The van der Waals surface area contributed by atoms with Gasteiger partial charge in [-0.3, -0.25) is 9.78 Å². The first-order chi connectivity index (χ1) is 8.16. The van der Waals surface area contributed by atoms with Crippen molar-refractivity contribution in [3.8, 4) is 0 Å². The van der Waals surface area contributed by atoms with E-state index in [9.17, 15) is 4.79 Å². The van der Waals surface area contributed by atoms with E-state index in [1.165, 1.54) is 0 Å². The molecule has 0 aliphatic carbocycles. The molecule has 92 valence electrons. The van der Waals surface area contributed by atoms with Crippen LogP contribution < -0.4 is 5.32 Å². The van der Waals surface area contributed by atoms with Crippen LogP contribution in [0.4, 0.5) is 0 Å². The maximum atomic E-state index is 12.1. The number of rotatable bonds is 2. The number of aryl methyl sites for hydroxylation is 1. The van der Waals surface area contributed by atoms with Gasteiger partial charge in [0.2, 0.25) is 5.91 Å². The van der Waals surface area contributed by atoms with Gasteiger partial charge in [0, 0.05) is 31.9 Å². The second-order valence-electron chi connectivity index (χ2n) is 4.64. The predicted molar refractivity (Wildman–Crippen MR) is 66.7 cm³/mol. The van der Waals surface area contributed by atoms with Crippen LogP contribution in [0.15, 0.2) is 18.3 Å². The van der Waals surface area contributed by atoms with E-state index in [0.717, 1.165) is 30.9 Å². The highest BCUT2D eigenvalue weighted by molar-refractivity contribution is 5.78. The van der Waals surface area contributed by atoms with Crippen LogP contribution in [0.2, 0.25) is 0 Å². The van der Waals surface area contributed by atoms with Crippen molar-refractivity contribution in [3.05, 3.63) is 29.6 Å². The molecule has 0 saturated carbocycles. The Labute approximate surface area is 102 Å². The summed E-state index contributed by atoms with van der Waals surface area (Å²) in [7, 11) is 0. The third-order valence-corrected chi connectivity index (χ3v) is 3.16. The second kappa shape index (κ2) is 5.27. The molecule has 0 aromatic carbocycles. The van der Waals surface area contributed by atoms with E-state index in [1.807, 2.05) is 24.0 Å². The molecule has 2 heterocycles. The molecule has 1 N–H and O–H groups in total. The third-order valence-electron chi connectivity index (χ3n) is 3.16. The molecule has 1 aliphatic heterocycles. The van der Waals surface area contributed by atoms with Crippen LogP contribution >= 0.6 is 0 Å². The van der Waals surface area contributed by atoms with Crippen molar-refractivity contribution in [2.75, 3.05) is 19.6 Å². The lowest BCUT2D eigenvalue weighted by molar-refractivity contribution is -0.131. The van der Waals surface area contributed by atoms with E-state index in [-0.39, 0.29) is 5.91 Å². The van der Waals surface area contributed by atoms with Crippen molar-refractivity contribution < 1.29 is 4.79 Å². The molecule has 2 rings (SSSR count). The SMILES string of the molecule is Cc1cccnc1CC(=O)N1CCNC(C)C1. The van der Waals surface area contributed by atoms with Crippen LogP contribution in [-0.4, -0.2) is 41.5 Å². The van der Waals surface area contributed by atoms with Crippen LogP contribution in [0.5, 0.6) is 0 Å². The van der Waals surface area contributed by atoms with Crippen molar-refractivity contribution in [3.63, 3.8) is 0 Å². The van der Waals surface area contributed by atoms with Gasteiger partial charge in [0.25, 0.3) is 0 Å². The molecule has 1 aromatic rings. The van der Waals surface area contributed by atoms with Crippen molar-refractivity contribution in [2.45, 2.75) is 26.3 Å². The minimum Gasteiger partial charge on any atom is -0.340 e. The third kappa shape index (κ3) is 3.03. The summed E-state index contributed by atoms with van der Waals surface area (Å²) in [6.07, 6.45) is 2.16. The van der Waals surface area contributed by atoms with Crippen LogP contribution in [0.3, 0.4) is 0 Å². The normalized spacial score (nSPS) is 20.4. The average Bonchev–Trinajstić information content (AvgIpc) is 2.32. The number of hydrogen-bond acceptors (Lipinski definition) is 3. The lowest BCUT2D eigenvalue weighted by Crippen LogP contribution is -2.51. The van der Waals surface area contributed by atoms with Crippen LogP contribution in [-0.2, 0) is 11.2 Å². The van der Waals surface area contributed by atoms with Gasteiger partial charge in [-0.2, -0.15) is 0 Å². The highest BCUT2D eigenvalue weighted by Crippen LogP contribution is 2.07. The Bertz CT molecular complexity index is 405. The Balaban J connectivity index is 1.99. The molecule has 4 heteroatoms. The van der Waals surface area contributed by atoms with Gasteiger partial charge in [0.15, 0.2) is 0 Å². The lowest BCUT2D eigenvalue weighted by Gasteiger charge is -2.32. The quantitative estimate of drug-likeness (QED) is 0.820. The van der Waals surface area contributed by atoms with Gasteiger partial charge in [-0.1, -0.05) is 6.07 Å². The maximum Gasteiger partial charge on any atom is 0.228 e.